The van der Waals surface area contributed by atoms with Crippen molar-refractivity contribution in [3.8, 4) is 0 Å². The van der Waals surface area contributed by atoms with Crippen molar-refractivity contribution in [1.82, 2.24) is 0 Å². The summed E-state index contributed by atoms with van der Waals surface area (Å²) in [6.45, 7) is 4.16. The summed E-state index contributed by atoms with van der Waals surface area (Å²) >= 11 is 0. The Balaban J connectivity index is 2.13. The fourth-order valence-corrected chi connectivity index (χ4v) is 2.34. The maximum Gasteiger partial charge on any atom is 0.303 e. The smallest absolute Gasteiger partial charge is 0.303 e. The van der Waals surface area contributed by atoms with E-state index in [0.717, 1.165) is 0 Å². The molecule has 2 saturated heterocycles. The minimum absolute atomic E-state index is 0.415. The molecule has 0 spiro atoms. The van der Waals surface area contributed by atoms with Crippen LogP contribution in [0.5, 0.6) is 0 Å². The second-order valence-corrected chi connectivity index (χ2v) is 5.07. The van der Waals surface area contributed by atoms with Gasteiger partial charge in [0, 0.05) is 11.8 Å². The molecule has 0 saturated carbocycles. The van der Waals surface area contributed by atoms with Gasteiger partial charge in [-0.05, 0) is 19.4 Å². The predicted octanol–water partition coefficient (Wildman–Crippen LogP) is 1.44. The maximum atomic E-state index is 14.0. The van der Waals surface area contributed by atoms with E-state index in [9.17, 15) is 9.18 Å². The number of fused-ring (bicyclic) bond motifs is 1. The minimum Gasteiger partial charge on any atom is -0.457 e. The van der Waals surface area contributed by atoms with Crippen LogP contribution in [-0.4, -0.2) is 49.1 Å². The van der Waals surface area contributed by atoms with Crippen molar-refractivity contribution in [2.45, 2.75) is 57.3 Å². The molecule has 0 aliphatic carbocycles. The van der Waals surface area contributed by atoms with Crippen LogP contribution in [0, 0.1) is 0 Å². The average Bonchev–Trinajstić information content (AvgIpc) is 2.79. The van der Waals surface area contributed by atoms with Gasteiger partial charge >= 0.3 is 5.97 Å². The summed E-state index contributed by atoms with van der Waals surface area (Å²) in [7, 11) is 0. The number of nitrogens with zero attached hydrogens (tertiary/aromatic N) is 3. The lowest BCUT2D eigenvalue weighted by atomic mass is 10.1. The van der Waals surface area contributed by atoms with Crippen molar-refractivity contribution < 1.29 is 28.1 Å². The summed E-state index contributed by atoms with van der Waals surface area (Å²) in [5.74, 6) is -1.47. The van der Waals surface area contributed by atoms with Crippen LogP contribution in [0.3, 0.4) is 0 Å². The molecule has 2 heterocycles. The van der Waals surface area contributed by atoms with E-state index in [-0.39, 0.29) is 0 Å². The molecule has 112 valence electrons. The zero-order valence-electron chi connectivity index (χ0n) is 11.4. The number of carbonyl (C=O) groups is 1. The van der Waals surface area contributed by atoms with Gasteiger partial charge < -0.3 is 18.9 Å². The second kappa shape index (κ2) is 5.53. The zero-order chi connectivity index (χ0) is 14.9. The van der Waals surface area contributed by atoms with Gasteiger partial charge in [0.1, 0.15) is 12.3 Å². The maximum absolute atomic E-state index is 14.0. The van der Waals surface area contributed by atoms with E-state index in [4.69, 9.17) is 24.5 Å². The van der Waals surface area contributed by atoms with Crippen LogP contribution in [0.4, 0.5) is 4.39 Å². The van der Waals surface area contributed by atoms with Gasteiger partial charge in [0.25, 0.3) is 0 Å². The summed E-state index contributed by atoms with van der Waals surface area (Å²) in [6, 6.07) is 0. The molecule has 0 amide bonds. The van der Waals surface area contributed by atoms with E-state index in [0.29, 0.717) is 0 Å². The number of hydrogen-bond acceptors (Lipinski definition) is 6. The van der Waals surface area contributed by atoms with Gasteiger partial charge in [-0.25, -0.2) is 4.39 Å². The summed E-state index contributed by atoms with van der Waals surface area (Å²) in [6.07, 6.45) is -5.17. The number of alkyl halides is 1. The van der Waals surface area contributed by atoms with Crippen molar-refractivity contribution in [3.63, 3.8) is 0 Å². The van der Waals surface area contributed by atoms with Crippen LogP contribution in [0.1, 0.15) is 20.8 Å². The van der Waals surface area contributed by atoms with Crippen LogP contribution in [0.25, 0.3) is 10.4 Å². The lowest BCUT2D eigenvalue weighted by Crippen LogP contribution is -2.43. The Kier molecular flexibility index (Phi) is 4.14. The van der Waals surface area contributed by atoms with Gasteiger partial charge in [0.2, 0.25) is 0 Å². The number of azide groups is 1. The van der Waals surface area contributed by atoms with Gasteiger partial charge in [0.15, 0.2) is 24.3 Å². The highest BCUT2D eigenvalue weighted by molar-refractivity contribution is 5.66. The van der Waals surface area contributed by atoms with Gasteiger partial charge in [-0.1, -0.05) is 5.11 Å². The highest BCUT2D eigenvalue weighted by atomic mass is 19.1. The highest BCUT2D eigenvalue weighted by Gasteiger charge is 2.58. The number of halogens is 1. The van der Waals surface area contributed by atoms with E-state index < -0.39 is 49.1 Å². The molecule has 0 N–H and O–H groups in total. The Morgan fingerprint density at radius 1 is 1.55 bits per heavy atom. The highest BCUT2D eigenvalue weighted by Crippen LogP contribution is 2.40. The molecule has 0 unspecified atom stereocenters. The molecular formula is C11H16FN3O5. The fourth-order valence-electron chi connectivity index (χ4n) is 2.34. The number of esters is 1. The third-order valence-corrected chi connectivity index (χ3v) is 3.00. The Morgan fingerprint density at radius 2 is 2.25 bits per heavy atom. The molecule has 2 aliphatic rings. The number of hydrogen-bond donors (Lipinski definition) is 0. The van der Waals surface area contributed by atoms with Gasteiger partial charge in [-0.3, -0.25) is 4.79 Å². The molecule has 2 aliphatic heterocycles. The molecule has 9 heteroatoms. The molecular weight excluding hydrogens is 273 g/mol. The van der Waals surface area contributed by atoms with Gasteiger partial charge in [-0.15, -0.1) is 0 Å². The topological polar surface area (TPSA) is 103 Å². The third-order valence-electron chi connectivity index (χ3n) is 3.00. The van der Waals surface area contributed by atoms with Gasteiger partial charge in [-0.2, -0.15) is 0 Å². The lowest BCUT2D eigenvalue weighted by Gasteiger charge is -2.26. The molecule has 2 rings (SSSR count). The zero-order valence-corrected chi connectivity index (χ0v) is 11.4. The van der Waals surface area contributed by atoms with Crippen LogP contribution >= 0.6 is 0 Å². The summed E-state index contributed by atoms with van der Waals surface area (Å²) in [5.41, 5.74) is 8.22. The van der Waals surface area contributed by atoms with Crippen molar-refractivity contribution in [2.75, 3.05) is 6.54 Å². The van der Waals surface area contributed by atoms with E-state index >= 15 is 0 Å². The van der Waals surface area contributed by atoms with E-state index in [1.807, 2.05) is 0 Å². The van der Waals surface area contributed by atoms with Crippen LogP contribution in [-0.2, 0) is 23.7 Å². The van der Waals surface area contributed by atoms with E-state index in [1.54, 1.807) is 13.8 Å². The molecule has 2 fully saturated rings. The van der Waals surface area contributed by atoms with E-state index in [1.165, 1.54) is 6.92 Å². The Morgan fingerprint density at radius 3 is 2.85 bits per heavy atom. The molecule has 0 radical (unpaired) electrons. The standard InChI is InChI=1S/C11H16FN3O5/c1-5(16)17-8-7(6(12)4-14-15-13)18-10-9(8)19-11(2,3)20-10/h6-10H,4H2,1-3H3/t6-,7-,8+,9-,10-/m1/s1. The minimum atomic E-state index is -1.61. The average molecular weight is 289 g/mol. The first-order valence-corrected chi connectivity index (χ1v) is 6.17. The lowest BCUT2D eigenvalue weighted by molar-refractivity contribution is -0.224. The Hall–Kier alpha value is -1.41. The first kappa shape index (κ1) is 15.0. The van der Waals surface area contributed by atoms with E-state index in [2.05, 4.69) is 10.0 Å². The van der Waals surface area contributed by atoms with Crippen molar-refractivity contribution >= 4 is 5.97 Å². The first-order chi connectivity index (χ1) is 9.34. The molecule has 20 heavy (non-hydrogen) atoms. The summed E-state index contributed by atoms with van der Waals surface area (Å²) in [4.78, 5) is 13.6. The Bertz CT molecular complexity index is 440. The molecule has 0 aromatic rings. The molecule has 0 aromatic carbocycles. The first-order valence-electron chi connectivity index (χ1n) is 6.17. The Labute approximate surface area is 114 Å². The largest absolute Gasteiger partial charge is 0.457 e. The molecule has 8 nitrogen and oxygen atoms in total. The summed E-state index contributed by atoms with van der Waals surface area (Å²) in [5, 5.41) is 3.16. The molecule has 0 aromatic heterocycles. The molecule has 5 atom stereocenters. The fraction of sp³-hybridized carbons (Fsp3) is 0.909. The quantitative estimate of drug-likeness (QED) is 0.337. The summed E-state index contributed by atoms with van der Waals surface area (Å²) < 4.78 is 35.5. The van der Waals surface area contributed by atoms with Crippen molar-refractivity contribution in [1.29, 1.82) is 0 Å². The monoisotopic (exact) mass is 289 g/mol. The SMILES string of the molecule is CC(=O)O[C@@H]1[C@H]2OC(C)(C)O[C@H]2O[C@@H]1[C@H](F)CN=[N+]=[N-]. The van der Waals surface area contributed by atoms with Crippen LogP contribution < -0.4 is 0 Å². The number of rotatable bonds is 4. The molecule has 0 bridgehead atoms. The van der Waals surface area contributed by atoms with Gasteiger partial charge in [0.05, 0.1) is 6.54 Å². The second-order valence-electron chi connectivity index (χ2n) is 5.07. The number of carbonyl (C=O) groups excluding carboxylic acids is 1. The van der Waals surface area contributed by atoms with Crippen LogP contribution in [0.15, 0.2) is 5.11 Å². The van der Waals surface area contributed by atoms with Crippen molar-refractivity contribution in [2.24, 2.45) is 5.11 Å². The predicted molar refractivity (Wildman–Crippen MR) is 63.2 cm³/mol. The normalized spacial score (nSPS) is 36.0. The number of ether oxygens (including phenoxy) is 4. The van der Waals surface area contributed by atoms with Crippen LogP contribution in [0.2, 0.25) is 0 Å². The third kappa shape index (κ3) is 3.01. The van der Waals surface area contributed by atoms with Crippen molar-refractivity contribution in [3.05, 3.63) is 10.4 Å².